The second-order valence-electron chi connectivity index (χ2n) is 0. The molecule has 0 radical (unpaired) electrons. The fourth-order valence-electron chi connectivity index (χ4n) is 0. The van der Waals surface area contributed by atoms with Gasteiger partial charge in [-0.2, -0.15) is 0 Å². The van der Waals surface area contributed by atoms with E-state index in [1.54, 1.807) is 0 Å². The molecule has 0 saturated carbocycles. The molecule has 0 saturated heterocycles. The van der Waals surface area contributed by atoms with Gasteiger partial charge in [-0.3, -0.25) is 0 Å². The monoisotopic (exact) mass is 590 g/mol. The fraction of sp³-hybridized carbons (Fsp3) is 0. The zero-order valence-electron chi connectivity index (χ0n) is 2.34. The Balaban J connectivity index is 0. The van der Waals surface area contributed by atoms with Gasteiger partial charge >= 0.3 is 18.0 Å². The van der Waals surface area contributed by atoms with Crippen LogP contribution in [0.25, 0.3) is 0 Å². The van der Waals surface area contributed by atoms with E-state index in [-0.39, 0.29) is 114 Å². The first-order valence-corrected chi connectivity index (χ1v) is 0. The molecule has 0 bridgehead atoms. The van der Waals surface area contributed by atoms with Gasteiger partial charge in [0.15, 0.2) is 0 Å². The van der Waals surface area contributed by atoms with Crippen molar-refractivity contribution in [2.45, 2.75) is 0 Å². The third-order valence-electron chi connectivity index (χ3n) is 0. The van der Waals surface area contributed by atoms with Crippen LogP contribution in [-0.2, 0) is 0 Å². The van der Waals surface area contributed by atoms with Gasteiger partial charge in [0.1, 0.15) is 0 Å². The molecular formula is H7AsI4. The SMILES string of the molecule is I.I.I.I.[AsH3]. The molecule has 0 rings (SSSR count). The molecule has 0 spiro atoms. The summed E-state index contributed by atoms with van der Waals surface area (Å²) < 4.78 is 0. The Kier molecular flexibility index (Phi) is 203. The second kappa shape index (κ2) is 25.9. The molecular weight excluding hydrogens is 583 g/mol. The predicted molar refractivity (Wildman–Crippen MR) is 71.6 cm³/mol. The Morgan fingerprint density at radius 3 is 0.400 bits per heavy atom. The first-order valence-electron chi connectivity index (χ1n) is 0. The van der Waals surface area contributed by atoms with Crippen LogP contribution in [0.5, 0.6) is 0 Å². The second-order valence-corrected chi connectivity index (χ2v) is 0. The molecule has 0 aromatic carbocycles. The Morgan fingerprint density at radius 2 is 0.400 bits per heavy atom. The van der Waals surface area contributed by atoms with E-state index in [1.807, 2.05) is 0 Å². The van der Waals surface area contributed by atoms with Crippen molar-refractivity contribution < 1.29 is 0 Å². The maximum atomic E-state index is 0. The van der Waals surface area contributed by atoms with Crippen LogP contribution < -0.4 is 0 Å². The third-order valence-corrected chi connectivity index (χ3v) is 0. The molecule has 1 unspecified atom stereocenters. The summed E-state index contributed by atoms with van der Waals surface area (Å²) in [5.41, 5.74) is 0. The topological polar surface area (TPSA) is 0 Å². The fourth-order valence-corrected chi connectivity index (χ4v) is 0. The third kappa shape index (κ3) is 18.6. The van der Waals surface area contributed by atoms with Gasteiger partial charge in [0.05, 0.1) is 0 Å². The molecule has 40 valence electrons. The Hall–Kier alpha value is 3.48. The van der Waals surface area contributed by atoms with Gasteiger partial charge < -0.3 is 0 Å². The number of halogens is 4. The average Bonchev–Trinajstić information content (AvgIpc) is 0. The summed E-state index contributed by atoms with van der Waals surface area (Å²) in [6.07, 6.45) is 0. The normalized spacial score (nSPS) is 0. The van der Waals surface area contributed by atoms with Crippen molar-refractivity contribution in [3.05, 3.63) is 0 Å². The van der Waals surface area contributed by atoms with E-state index in [0.29, 0.717) is 0 Å². The van der Waals surface area contributed by atoms with Crippen LogP contribution in [0.1, 0.15) is 0 Å². The summed E-state index contributed by atoms with van der Waals surface area (Å²) in [5.74, 6) is 0. The van der Waals surface area contributed by atoms with Crippen LogP contribution in [0.15, 0.2) is 0 Å². The summed E-state index contributed by atoms with van der Waals surface area (Å²) in [6.45, 7) is 0. The van der Waals surface area contributed by atoms with E-state index in [0.717, 1.165) is 0 Å². The van der Waals surface area contributed by atoms with Crippen molar-refractivity contribution in [1.82, 2.24) is 0 Å². The molecule has 0 heterocycles. The maximum absolute atomic E-state index is 0. The van der Waals surface area contributed by atoms with Crippen LogP contribution >= 0.6 is 95.9 Å². The first-order chi connectivity index (χ1) is 0. The Bertz CT molecular complexity index is 3.61. The minimum absolute atomic E-state index is 0. The summed E-state index contributed by atoms with van der Waals surface area (Å²) in [5, 5.41) is 0. The molecule has 0 aliphatic carbocycles. The Labute approximate surface area is 111 Å². The number of hydrogen-bond donors (Lipinski definition) is 0. The molecule has 0 fully saturated rings. The van der Waals surface area contributed by atoms with Gasteiger partial charge in [0.25, 0.3) is 0 Å². The van der Waals surface area contributed by atoms with Crippen molar-refractivity contribution >= 4 is 114 Å². The molecule has 0 aromatic heterocycles. The van der Waals surface area contributed by atoms with Crippen molar-refractivity contribution in [3.63, 3.8) is 0 Å². The molecule has 0 N–H and O–H groups in total. The molecule has 0 nitrogen and oxygen atoms in total. The summed E-state index contributed by atoms with van der Waals surface area (Å²) in [4.78, 5) is 0. The average molecular weight is 590 g/mol. The molecule has 0 amide bonds. The zero-order chi connectivity index (χ0) is 0. The van der Waals surface area contributed by atoms with Crippen LogP contribution in [0, 0.1) is 0 Å². The van der Waals surface area contributed by atoms with Crippen LogP contribution in [0.4, 0.5) is 0 Å². The number of hydrogen-bond acceptors (Lipinski definition) is 0. The standard InChI is InChI=1S/AsH3.4HI/h1H3;4*1H. The van der Waals surface area contributed by atoms with Crippen molar-refractivity contribution in [3.8, 4) is 0 Å². The molecule has 0 aromatic rings. The van der Waals surface area contributed by atoms with Crippen LogP contribution in [-0.4, -0.2) is 18.0 Å². The zero-order valence-corrected chi connectivity index (χ0v) is 14.6. The van der Waals surface area contributed by atoms with Gasteiger partial charge in [-0.15, -0.1) is 95.9 Å². The van der Waals surface area contributed by atoms with Gasteiger partial charge in [-0.05, 0) is 0 Å². The van der Waals surface area contributed by atoms with E-state index >= 15 is 0 Å². The van der Waals surface area contributed by atoms with Gasteiger partial charge in [0.2, 0.25) is 0 Å². The first kappa shape index (κ1) is 39.2. The molecule has 0 aliphatic rings. The van der Waals surface area contributed by atoms with Crippen molar-refractivity contribution in [1.29, 1.82) is 0 Å². The quantitative estimate of drug-likeness (QED) is 0.295. The Morgan fingerprint density at radius 1 is 0.400 bits per heavy atom. The van der Waals surface area contributed by atoms with Crippen LogP contribution in [0.2, 0.25) is 0 Å². The van der Waals surface area contributed by atoms with Gasteiger partial charge in [0, 0.05) is 0 Å². The van der Waals surface area contributed by atoms with Crippen LogP contribution in [0.3, 0.4) is 0 Å². The van der Waals surface area contributed by atoms with Gasteiger partial charge in [-0.1, -0.05) is 0 Å². The van der Waals surface area contributed by atoms with Gasteiger partial charge in [-0.25, -0.2) is 0 Å². The molecule has 5 heavy (non-hydrogen) atoms. The summed E-state index contributed by atoms with van der Waals surface area (Å²) in [6, 6.07) is 0. The molecule has 5 heteroatoms. The van der Waals surface area contributed by atoms with Crippen molar-refractivity contribution in [2.24, 2.45) is 0 Å². The minimum atomic E-state index is 0. The van der Waals surface area contributed by atoms with E-state index in [1.165, 1.54) is 0 Å². The van der Waals surface area contributed by atoms with Crippen molar-refractivity contribution in [2.75, 3.05) is 0 Å². The summed E-state index contributed by atoms with van der Waals surface area (Å²) in [7, 11) is 0. The van der Waals surface area contributed by atoms with E-state index in [4.69, 9.17) is 0 Å². The predicted octanol–water partition coefficient (Wildman–Crippen LogP) is 1.29. The molecule has 1 atom stereocenters. The number of rotatable bonds is 0. The summed E-state index contributed by atoms with van der Waals surface area (Å²) >= 11 is 0. The van der Waals surface area contributed by atoms with E-state index in [2.05, 4.69) is 0 Å². The van der Waals surface area contributed by atoms with E-state index < -0.39 is 0 Å². The van der Waals surface area contributed by atoms with E-state index in [9.17, 15) is 0 Å². The molecule has 0 aliphatic heterocycles.